The van der Waals surface area contributed by atoms with Gasteiger partial charge in [-0.2, -0.15) is 0 Å². The molecule has 2 aromatic rings. The van der Waals surface area contributed by atoms with E-state index in [1.807, 2.05) is 0 Å². The van der Waals surface area contributed by atoms with Crippen LogP contribution in [0, 0.1) is 0 Å². The van der Waals surface area contributed by atoms with Gasteiger partial charge in [-0.05, 0) is 45.8 Å². The van der Waals surface area contributed by atoms with Crippen molar-refractivity contribution in [2.75, 3.05) is 0 Å². The van der Waals surface area contributed by atoms with E-state index in [-0.39, 0.29) is 0 Å². The zero-order valence-electron chi connectivity index (χ0n) is 10.9. The van der Waals surface area contributed by atoms with Crippen molar-refractivity contribution in [3.63, 3.8) is 0 Å². The lowest BCUT2D eigenvalue weighted by Gasteiger charge is -2.26. The highest BCUT2D eigenvalue weighted by Crippen LogP contribution is 2.23. The molecule has 0 atom stereocenters. The fourth-order valence-corrected chi connectivity index (χ4v) is 6.61. The van der Waals surface area contributed by atoms with Crippen molar-refractivity contribution >= 4 is 62.5 Å². The van der Waals surface area contributed by atoms with Gasteiger partial charge in [0, 0.05) is 8.95 Å². The minimum Gasteiger partial charge on any atom is -0.0616 e. The Balaban J connectivity index is 2.31. The highest BCUT2D eigenvalue weighted by Gasteiger charge is 2.31. The first-order valence-corrected chi connectivity index (χ1v) is 10.9. The number of hydrogen-bond donors (Lipinski definition) is 0. The maximum Gasteiger partial charge on any atom is 0.113 e. The second-order valence-electron chi connectivity index (χ2n) is 5.42. The molecule has 1 aliphatic rings. The minimum atomic E-state index is -1.63. The molecule has 0 saturated heterocycles. The van der Waals surface area contributed by atoms with Gasteiger partial charge in [-0.3, -0.25) is 0 Å². The van der Waals surface area contributed by atoms with E-state index in [2.05, 4.69) is 93.5 Å². The highest BCUT2D eigenvalue weighted by molar-refractivity contribution is 9.10. The normalized spacial score (nSPS) is 15.6. The van der Waals surface area contributed by atoms with Crippen LogP contribution in [-0.2, 0) is 0 Å². The molecule has 0 amide bonds. The van der Waals surface area contributed by atoms with Gasteiger partial charge in [0.25, 0.3) is 0 Å². The van der Waals surface area contributed by atoms with Gasteiger partial charge in [0.1, 0.15) is 8.07 Å². The summed E-state index contributed by atoms with van der Waals surface area (Å²) in [5.41, 5.74) is 2.69. The Morgan fingerprint density at radius 1 is 0.737 bits per heavy atom. The molecule has 0 bridgehead atoms. The molecule has 0 nitrogen and oxygen atoms in total. The molecule has 19 heavy (non-hydrogen) atoms. The summed E-state index contributed by atoms with van der Waals surface area (Å²) in [5.74, 6) is 0. The van der Waals surface area contributed by atoms with Crippen LogP contribution in [0.2, 0.25) is 13.1 Å². The molecule has 0 aliphatic carbocycles. The van der Waals surface area contributed by atoms with Gasteiger partial charge < -0.3 is 0 Å². The lowest BCUT2D eigenvalue weighted by Crippen LogP contribution is -2.54. The average molecular weight is 394 g/mol. The van der Waals surface area contributed by atoms with E-state index in [4.69, 9.17) is 0 Å². The van der Waals surface area contributed by atoms with Crippen LogP contribution < -0.4 is 10.4 Å². The van der Waals surface area contributed by atoms with Crippen LogP contribution in [0.25, 0.3) is 12.2 Å². The fourth-order valence-electron chi connectivity index (χ4n) is 2.81. The average Bonchev–Trinajstić information content (AvgIpc) is 2.45. The smallest absolute Gasteiger partial charge is 0.0616 e. The number of halogens is 2. The summed E-state index contributed by atoms with van der Waals surface area (Å²) >= 11 is 7.15. The topological polar surface area (TPSA) is 0 Å². The molecule has 0 N–H and O–H groups in total. The standard InChI is InChI=1S/C16H14Br2Si/c1-19(2)15-7-5-13(17)9-11(15)3-4-12-10-14(18)6-8-16(12)19/h3-10H,1-2H3. The zero-order valence-corrected chi connectivity index (χ0v) is 15.0. The van der Waals surface area contributed by atoms with E-state index in [0.29, 0.717) is 0 Å². The Morgan fingerprint density at radius 2 is 1.16 bits per heavy atom. The Morgan fingerprint density at radius 3 is 1.58 bits per heavy atom. The summed E-state index contributed by atoms with van der Waals surface area (Å²) in [6.07, 6.45) is 4.49. The van der Waals surface area contributed by atoms with Gasteiger partial charge in [-0.15, -0.1) is 0 Å². The van der Waals surface area contributed by atoms with Gasteiger partial charge in [0.2, 0.25) is 0 Å². The van der Waals surface area contributed by atoms with E-state index in [1.54, 1.807) is 0 Å². The van der Waals surface area contributed by atoms with Crippen molar-refractivity contribution in [3.8, 4) is 0 Å². The molecule has 96 valence electrons. The Hall–Kier alpha value is -0.643. The summed E-state index contributed by atoms with van der Waals surface area (Å²) in [6.45, 7) is 4.86. The number of fused-ring (bicyclic) bond motifs is 2. The second-order valence-corrected chi connectivity index (χ2v) is 11.6. The molecule has 0 saturated carbocycles. The van der Waals surface area contributed by atoms with Crippen LogP contribution in [0.15, 0.2) is 45.3 Å². The van der Waals surface area contributed by atoms with Crippen molar-refractivity contribution in [2.24, 2.45) is 0 Å². The molecular weight excluding hydrogens is 380 g/mol. The van der Waals surface area contributed by atoms with Crippen LogP contribution in [0.5, 0.6) is 0 Å². The largest absolute Gasteiger partial charge is 0.113 e. The number of hydrogen-bond acceptors (Lipinski definition) is 0. The first kappa shape index (κ1) is 13.3. The number of benzene rings is 2. The summed E-state index contributed by atoms with van der Waals surface area (Å²) in [5, 5.41) is 3.01. The third-order valence-corrected chi connectivity index (χ3v) is 8.41. The summed E-state index contributed by atoms with van der Waals surface area (Å²) in [6, 6.07) is 13.3. The molecule has 0 unspecified atom stereocenters. The molecule has 3 rings (SSSR count). The van der Waals surface area contributed by atoms with Gasteiger partial charge >= 0.3 is 0 Å². The molecule has 3 heteroatoms. The Labute approximate surface area is 131 Å². The van der Waals surface area contributed by atoms with Crippen molar-refractivity contribution < 1.29 is 0 Å². The maximum atomic E-state index is 3.57. The van der Waals surface area contributed by atoms with E-state index in [0.717, 1.165) is 8.95 Å². The molecule has 0 radical (unpaired) electrons. The highest BCUT2D eigenvalue weighted by atomic mass is 79.9. The van der Waals surface area contributed by atoms with E-state index >= 15 is 0 Å². The predicted octanol–water partition coefficient (Wildman–Crippen LogP) is 4.52. The second kappa shape index (κ2) is 4.72. The van der Waals surface area contributed by atoms with Gasteiger partial charge in [0.05, 0.1) is 0 Å². The maximum absolute atomic E-state index is 3.57. The SMILES string of the molecule is C[Si]1(C)c2ccc(Br)cc2C=Cc2cc(Br)ccc21. The first-order valence-electron chi connectivity index (χ1n) is 6.26. The third kappa shape index (κ3) is 2.28. The fraction of sp³-hybridized carbons (Fsp3) is 0.125. The van der Waals surface area contributed by atoms with Crippen LogP contribution in [-0.4, -0.2) is 8.07 Å². The van der Waals surface area contributed by atoms with Gasteiger partial charge in [0.15, 0.2) is 0 Å². The third-order valence-electron chi connectivity index (χ3n) is 3.82. The van der Waals surface area contributed by atoms with Gasteiger partial charge in [-0.25, -0.2) is 0 Å². The Kier molecular flexibility index (Phi) is 3.32. The molecule has 1 aliphatic heterocycles. The lowest BCUT2D eigenvalue weighted by molar-refractivity contribution is 1.61. The summed E-state index contributed by atoms with van der Waals surface area (Å²) < 4.78 is 2.29. The Bertz CT molecular complexity index is 630. The quantitative estimate of drug-likeness (QED) is 0.577. The van der Waals surface area contributed by atoms with Crippen LogP contribution in [0.4, 0.5) is 0 Å². The minimum absolute atomic E-state index is 1.15. The predicted molar refractivity (Wildman–Crippen MR) is 94.0 cm³/mol. The monoisotopic (exact) mass is 392 g/mol. The van der Waals surface area contributed by atoms with Crippen molar-refractivity contribution in [1.82, 2.24) is 0 Å². The molecule has 0 spiro atoms. The van der Waals surface area contributed by atoms with Crippen LogP contribution in [0.3, 0.4) is 0 Å². The van der Waals surface area contributed by atoms with E-state index in [1.165, 1.54) is 21.5 Å². The zero-order chi connectivity index (χ0) is 13.6. The van der Waals surface area contributed by atoms with E-state index in [9.17, 15) is 0 Å². The van der Waals surface area contributed by atoms with Crippen LogP contribution in [0.1, 0.15) is 11.1 Å². The first-order chi connectivity index (χ1) is 8.98. The van der Waals surface area contributed by atoms with E-state index < -0.39 is 8.07 Å². The summed E-state index contributed by atoms with van der Waals surface area (Å²) in [4.78, 5) is 0. The lowest BCUT2D eigenvalue weighted by atomic mass is 10.1. The van der Waals surface area contributed by atoms with Crippen LogP contribution >= 0.6 is 31.9 Å². The number of rotatable bonds is 0. The van der Waals surface area contributed by atoms with Crippen molar-refractivity contribution in [1.29, 1.82) is 0 Å². The summed E-state index contributed by atoms with van der Waals surface area (Å²) in [7, 11) is -1.63. The molecule has 1 heterocycles. The molecular formula is C16H14Br2Si. The molecule has 0 aromatic heterocycles. The van der Waals surface area contributed by atoms with Crippen molar-refractivity contribution in [3.05, 3.63) is 56.5 Å². The van der Waals surface area contributed by atoms with Crippen molar-refractivity contribution in [2.45, 2.75) is 13.1 Å². The molecule has 2 aromatic carbocycles. The molecule has 0 fully saturated rings. The van der Waals surface area contributed by atoms with Gasteiger partial charge in [-0.1, -0.05) is 69.2 Å².